The molecule has 0 unspecified atom stereocenters. The van der Waals surface area contributed by atoms with Crippen LogP contribution in [-0.4, -0.2) is 29.0 Å². The van der Waals surface area contributed by atoms with Gasteiger partial charge in [-0.1, -0.05) is 6.92 Å². The normalized spacial score (nSPS) is 25.6. The van der Waals surface area contributed by atoms with Crippen molar-refractivity contribution in [3.05, 3.63) is 0 Å². The Balaban J connectivity index is 2.83. The van der Waals surface area contributed by atoms with E-state index in [1.165, 1.54) is 0 Å². The highest BCUT2D eigenvalue weighted by Crippen LogP contribution is 2.40. The van der Waals surface area contributed by atoms with Crippen molar-refractivity contribution in [2.75, 3.05) is 6.61 Å². The summed E-state index contributed by atoms with van der Waals surface area (Å²) in [6.45, 7) is 11.5. The van der Waals surface area contributed by atoms with Crippen LogP contribution in [0.1, 0.15) is 53.9 Å². The Labute approximate surface area is 99.1 Å². The van der Waals surface area contributed by atoms with Crippen LogP contribution in [0.2, 0.25) is 0 Å². The number of aldehydes is 1. The van der Waals surface area contributed by atoms with Crippen LogP contribution in [0, 0.1) is 5.92 Å². The van der Waals surface area contributed by atoms with Crippen LogP contribution in [-0.2, 0) is 9.63 Å². The highest BCUT2D eigenvalue weighted by Gasteiger charge is 2.46. The summed E-state index contributed by atoms with van der Waals surface area (Å²) in [6.07, 6.45) is 3.87. The molecular formula is C13H25NO2. The maximum absolute atomic E-state index is 11.0. The number of hydroxylamine groups is 2. The van der Waals surface area contributed by atoms with Gasteiger partial charge in [0.15, 0.2) is 0 Å². The highest BCUT2D eigenvalue weighted by molar-refractivity contribution is 5.54. The van der Waals surface area contributed by atoms with Crippen LogP contribution in [0.25, 0.3) is 0 Å². The van der Waals surface area contributed by atoms with Gasteiger partial charge < -0.3 is 4.79 Å². The molecule has 0 spiro atoms. The number of hydrogen-bond donors (Lipinski definition) is 0. The molecule has 0 aromatic rings. The van der Waals surface area contributed by atoms with E-state index in [0.717, 1.165) is 32.2 Å². The number of carbonyl (C=O) groups excluding carboxylic acids is 1. The van der Waals surface area contributed by atoms with E-state index in [4.69, 9.17) is 4.84 Å². The van der Waals surface area contributed by atoms with E-state index < -0.39 is 0 Å². The van der Waals surface area contributed by atoms with E-state index in [9.17, 15) is 4.79 Å². The SMILES string of the molecule is CCCON1C(C)(C)CC(C=O)CC1(C)C. The van der Waals surface area contributed by atoms with Crippen LogP contribution in [0.5, 0.6) is 0 Å². The third kappa shape index (κ3) is 2.83. The lowest BCUT2D eigenvalue weighted by molar-refractivity contribution is -0.285. The highest BCUT2D eigenvalue weighted by atomic mass is 16.7. The third-order valence-corrected chi connectivity index (χ3v) is 3.24. The minimum absolute atomic E-state index is 0.0670. The molecule has 0 aromatic heterocycles. The Hall–Kier alpha value is -0.410. The predicted octanol–water partition coefficient (Wildman–Crippen LogP) is 2.80. The fourth-order valence-electron chi connectivity index (χ4n) is 2.97. The second-order valence-corrected chi connectivity index (χ2v) is 6.06. The van der Waals surface area contributed by atoms with Gasteiger partial charge >= 0.3 is 0 Å². The molecule has 1 fully saturated rings. The van der Waals surface area contributed by atoms with Gasteiger partial charge in [0.05, 0.1) is 6.61 Å². The number of piperidine rings is 1. The number of nitrogens with zero attached hydrogens (tertiary/aromatic N) is 1. The fraction of sp³-hybridized carbons (Fsp3) is 0.923. The summed E-state index contributed by atoms with van der Waals surface area (Å²) < 4.78 is 0. The van der Waals surface area contributed by atoms with Gasteiger partial charge in [-0.15, -0.1) is 0 Å². The Morgan fingerprint density at radius 2 is 1.75 bits per heavy atom. The van der Waals surface area contributed by atoms with Gasteiger partial charge in [0, 0.05) is 17.0 Å². The molecule has 0 aliphatic carbocycles. The van der Waals surface area contributed by atoms with Crippen LogP contribution in [0.4, 0.5) is 0 Å². The van der Waals surface area contributed by atoms with Crippen molar-refractivity contribution in [3.63, 3.8) is 0 Å². The average molecular weight is 227 g/mol. The monoisotopic (exact) mass is 227 g/mol. The van der Waals surface area contributed by atoms with Crippen LogP contribution < -0.4 is 0 Å². The molecule has 0 aromatic carbocycles. The average Bonchev–Trinajstić information content (AvgIpc) is 2.14. The molecule has 1 aliphatic rings. The zero-order valence-electron chi connectivity index (χ0n) is 11.2. The smallest absolute Gasteiger partial charge is 0.123 e. The zero-order chi connectivity index (χ0) is 12.4. The topological polar surface area (TPSA) is 29.5 Å². The summed E-state index contributed by atoms with van der Waals surface area (Å²) in [5.41, 5.74) is -0.134. The lowest BCUT2D eigenvalue weighted by Crippen LogP contribution is -2.60. The minimum Gasteiger partial charge on any atom is -0.303 e. The molecule has 0 N–H and O–H groups in total. The summed E-state index contributed by atoms with van der Waals surface area (Å²) in [6, 6.07) is 0. The summed E-state index contributed by atoms with van der Waals surface area (Å²) in [5, 5.41) is 2.10. The largest absolute Gasteiger partial charge is 0.303 e. The van der Waals surface area contributed by atoms with Gasteiger partial charge in [0.2, 0.25) is 0 Å². The molecule has 1 heterocycles. The number of rotatable bonds is 4. The molecule has 1 saturated heterocycles. The van der Waals surface area contributed by atoms with Crippen LogP contribution in [0.3, 0.4) is 0 Å². The second kappa shape index (κ2) is 4.84. The van der Waals surface area contributed by atoms with Crippen molar-refractivity contribution in [1.82, 2.24) is 5.06 Å². The van der Waals surface area contributed by atoms with Gasteiger partial charge in [0.25, 0.3) is 0 Å². The van der Waals surface area contributed by atoms with Crippen LogP contribution >= 0.6 is 0 Å². The van der Waals surface area contributed by atoms with Crippen LogP contribution in [0.15, 0.2) is 0 Å². The van der Waals surface area contributed by atoms with E-state index in [0.29, 0.717) is 0 Å². The maximum Gasteiger partial charge on any atom is 0.123 e. The molecule has 1 rings (SSSR count). The molecule has 0 bridgehead atoms. The maximum atomic E-state index is 11.0. The molecule has 16 heavy (non-hydrogen) atoms. The van der Waals surface area contributed by atoms with Gasteiger partial charge in [-0.2, -0.15) is 5.06 Å². The Morgan fingerprint density at radius 1 is 1.25 bits per heavy atom. The number of carbonyl (C=O) groups is 1. The molecule has 0 saturated carbocycles. The summed E-state index contributed by atoms with van der Waals surface area (Å²) in [7, 11) is 0. The predicted molar refractivity (Wildman–Crippen MR) is 65.0 cm³/mol. The number of hydrogen-bond acceptors (Lipinski definition) is 3. The zero-order valence-corrected chi connectivity index (χ0v) is 11.2. The lowest BCUT2D eigenvalue weighted by atomic mass is 9.76. The second-order valence-electron chi connectivity index (χ2n) is 6.06. The van der Waals surface area contributed by atoms with Gasteiger partial charge in [-0.25, -0.2) is 0 Å². The molecule has 0 amide bonds. The summed E-state index contributed by atoms with van der Waals surface area (Å²) >= 11 is 0. The molecular weight excluding hydrogens is 202 g/mol. The molecule has 3 heteroatoms. The van der Waals surface area contributed by atoms with E-state index in [2.05, 4.69) is 39.7 Å². The van der Waals surface area contributed by atoms with E-state index in [1.807, 2.05) is 0 Å². The molecule has 0 radical (unpaired) electrons. The minimum atomic E-state index is -0.0670. The first kappa shape index (κ1) is 13.7. The first-order valence-electron chi connectivity index (χ1n) is 6.22. The van der Waals surface area contributed by atoms with E-state index in [-0.39, 0.29) is 17.0 Å². The molecule has 1 aliphatic heterocycles. The van der Waals surface area contributed by atoms with Crippen molar-refractivity contribution in [1.29, 1.82) is 0 Å². The molecule has 94 valence electrons. The van der Waals surface area contributed by atoms with Gasteiger partial charge in [0.1, 0.15) is 6.29 Å². The van der Waals surface area contributed by atoms with Crippen molar-refractivity contribution < 1.29 is 9.63 Å². The Bertz CT molecular complexity index is 230. The quantitative estimate of drug-likeness (QED) is 0.692. The Morgan fingerprint density at radius 3 is 2.12 bits per heavy atom. The van der Waals surface area contributed by atoms with Crippen molar-refractivity contribution in [2.45, 2.75) is 65.0 Å². The van der Waals surface area contributed by atoms with E-state index >= 15 is 0 Å². The van der Waals surface area contributed by atoms with Gasteiger partial charge in [-0.05, 0) is 47.0 Å². The summed E-state index contributed by atoms with van der Waals surface area (Å²) in [4.78, 5) is 16.9. The van der Waals surface area contributed by atoms with Crippen molar-refractivity contribution in [2.24, 2.45) is 5.92 Å². The fourth-order valence-corrected chi connectivity index (χ4v) is 2.97. The molecule has 0 atom stereocenters. The first-order chi connectivity index (χ1) is 7.33. The van der Waals surface area contributed by atoms with Crippen molar-refractivity contribution >= 4 is 6.29 Å². The Kier molecular flexibility index (Phi) is 4.13. The van der Waals surface area contributed by atoms with Gasteiger partial charge in [-0.3, -0.25) is 4.84 Å². The third-order valence-electron chi connectivity index (χ3n) is 3.24. The summed E-state index contributed by atoms with van der Waals surface area (Å²) in [5.74, 6) is 0.159. The first-order valence-corrected chi connectivity index (χ1v) is 6.22. The molecule has 3 nitrogen and oxygen atoms in total. The van der Waals surface area contributed by atoms with E-state index in [1.54, 1.807) is 0 Å². The standard InChI is InChI=1S/C13H25NO2/c1-6-7-16-14-12(2,3)8-11(10-15)9-13(14,4)5/h10-11H,6-9H2,1-5H3. The lowest BCUT2D eigenvalue weighted by Gasteiger charge is -2.53. The van der Waals surface area contributed by atoms with Crippen molar-refractivity contribution in [3.8, 4) is 0 Å².